The lowest BCUT2D eigenvalue weighted by Gasteiger charge is -2.04. The van der Waals surface area contributed by atoms with E-state index >= 15 is 0 Å². The van der Waals surface area contributed by atoms with Gasteiger partial charge in [-0.25, -0.2) is 0 Å². The largest absolute Gasteiger partial charge is 0.294 e. The zero-order valence-electron chi connectivity index (χ0n) is 8.57. The van der Waals surface area contributed by atoms with Gasteiger partial charge in [0.15, 0.2) is 5.78 Å². The Morgan fingerprint density at radius 3 is 2.86 bits per heavy atom. The van der Waals surface area contributed by atoms with Crippen LogP contribution in [-0.4, -0.2) is 15.6 Å². The second-order valence-corrected chi connectivity index (χ2v) is 3.93. The molecular formula is C11H16N2O. The summed E-state index contributed by atoms with van der Waals surface area (Å²) in [6, 6.07) is 0. The number of Topliss-reactive ketones (excluding diaryl/α,β-unsaturated/α-hetero) is 1. The zero-order chi connectivity index (χ0) is 9.97. The molecule has 0 aromatic carbocycles. The molecule has 3 heteroatoms. The molecule has 1 saturated carbocycles. The number of aryl methyl sites for hydroxylation is 1. The van der Waals surface area contributed by atoms with Crippen LogP contribution in [0.4, 0.5) is 0 Å². The van der Waals surface area contributed by atoms with Gasteiger partial charge in [-0.3, -0.25) is 9.48 Å². The van der Waals surface area contributed by atoms with E-state index < -0.39 is 0 Å². The van der Waals surface area contributed by atoms with Crippen molar-refractivity contribution in [3.63, 3.8) is 0 Å². The highest BCUT2D eigenvalue weighted by Gasteiger charge is 2.24. The van der Waals surface area contributed by atoms with Gasteiger partial charge in [0.25, 0.3) is 0 Å². The summed E-state index contributed by atoms with van der Waals surface area (Å²) in [6.07, 6.45) is 8.10. The number of carbonyl (C=O) groups excluding carboxylic acids is 1. The Labute approximate surface area is 84.1 Å². The first-order valence-electron chi connectivity index (χ1n) is 5.38. The summed E-state index contributed by atoms with van der Waals surface area (Å²) < 4.78 is 1.81. The predicted molar refractivity (Wildman–Crippen MR) is 54.2 cm³/mol. The van der Waals surface area contributed by atoms with E-state index in [0.29, 0.717) is 5.78 Å². The molecule has 0 aliphatic heterocycles. The fourth-order valence-electron chi connectivity index (χ4n) is 2.09. The molecule has 0 amide bonds. The number of nitrogens with zero attached hydrogens (tertiary/aromatic N) is 2. The number of hydrogen-bond acceptors (Lipinski definition) is 2. The van der Waals surface area contributed by atoms with Crippen LogP contribution < -0.4 is 0 Å². The number of ketones is 1. The van der Waals surface area contributed by atoms with E-state index in [2.05, 4.69) is 5.10 Å². The molecule has 1 heterocycles. The van der Waals surface area contributed by atoms with E-state index in [9.17, 15) is 4.79 Å². The molecule has 76 valence electrons. The second-order valence-electron chi connectivity index (χ2n) is 3.93. The number of rotatable bonds is 3. The average Bonchev–Trinajstić information content (AvgIpc) is 2.88. The maximum Gasteiger partial charge on any atom is 0.169 e. The molecule has 1 aromatic rings. The van der Waals surface area contributed by atoms with E-state index in [4.69, 9.17) is 0 Å². The van der Waals surface area contributed by atoms with Gasteiger partial charge in [-0.15, -0.1) is 0 Å². The maximum absolute atomic E-state index is 11.9. The summed E-state index contributed by atoms with van der Waals surface area (Å²) in [4.78, 5) is 11.9. The average molecular weight is 192 g/mol. The van der Waals surface area contributed by atoms with E-state index in [1.165, 1.54) is 12.8 Å². The Morgan fingerprint density at radius 1 is 1.57 bits per heavy atom. The van der Waals surface area contributed by atoms with Crippen molar-refractivity contribution in [1.82, 2.24) is 9.78 Å². The molecule has 0 N–H and O–H groups in total. The van der Waals surface area contributed by atoms with Crippen molar-refractivity contribution >= 4 is 5.78 Å². The van der Waals surface area contributed by atoms with Crippen LogP contribution in [0, 0.1) is 5.92 Å². The summed E-state index contributed by atoms with van der Waals surface area (Å²) in [5.41, 5.74) is 0.791. The van der Waals surface area contributed by atoms with Gasteiger partial charge in [0.2, 0.25) is 0 Å². The van der Waals surface area contributed by atoms with Crippen molar-refractivity contribution in [1.29, 1.82) is 0 Å². The molecule has 1 fully saturated rings. The van der Waals surface area contributed by atoms with Crippen LogP contribution in [-0.2, 0) is 6.54 Å². The van der Waals surface area contributed by atoms with E-state index in [1.807, 2.05) is 17.8 Å². The van der Waals surface area contributed by atoms with Gasteiger partial charge in [0.1, 0.15) is 0 Å². The van der Waals surface area contributed by atoms with Crippen LogP contribution >= 0.6 is 0 Å². The van der Waals surface area contributed by atoms with Gasteiger partial charge >= 0.3 is 0 Å². The Morgan fingerprint density at radius 2 is 2.29 bits per heavy atom. The lowest BCUT2D eigenvalue weighted by atomic mass is 9.99. The molecule has 1 aromatic heterocycles. The Bertz CT molecular complexity index is 324. The molecule has 0 saturated heterocycles. The number of carbonyl (C=O) groups is 1. The standard InChI is InChI=1S/C11H16N2O/c1-2-13-8-10(7-12-13)11(14)9-5-3-4-6-9/h7-9H,2-6H2,1H3. The highest BCUT2D eigenvalue weighted by atomic mass is 16.1. The maximum atomic E-state index is 11.9. The summed E-state index contributed by atoms with van der Waals surface area (Å²) in [5.74, 6) is 0.562. The minimum atomic E-state index is 0.268. The second kappa shape index (κ2) is 3.95. The van der Waals surface area contributed by atoms with Crippen LogP contribution in [0.5, 0.6) is 0 Å². The molecule has 0 atom stereocenters. The third-order valence-electron chi connectivity index (χ3n) is 2.97. The van der Waals surface area contributed by atoms with Crippen molar-refractivity contribution < 1.29 is 4.79 Å². The van der Waals surface area contributed by atoms with Gasteiger partial charge in [-0.1, -0.05) is 12.8 Å². The molecule has 0 spiro atoms. The molecule has 14 heavy (non-hydrogen) atoms. The smallest absolute Gasteiger partial charge is 0.169 e. The van der Waals surface area contributed by atoms with Gasteiger partial charge in [-0.05, 0) is 19.8 Å². The van der Waals surface area contributed by atoms with Gasteiger partial charge in [-0.2, -0.15) is 5.10 Å². The predicted octanol–water partition coefficient (Wildman–Crippen LogP) is 2.28. The van der Waals surface area contributed by atoms with Crippen LogP contribution in [0.25, 0.3) is 0 Å². The highest BCUT2D eigenvalue weighted by molar-refractivity contribution is 5.97. The summed E-state index contributed by atoms with van der Waals surface area (Å²) in [5, 5.41) is 4.12. The van der Waals surface area contributed by atoms with E-state index in [-0.39, 0.29) is 5.92 Å². The van der Waals surface area contributed by atoms with Crippen molar-refractivity contribution in [2.75, 3.05) is 0 Å². The summed E-state index contributed by atoms with van der Waals surface area (Å²) >= 11 is 0. The van der Waals surface area contributed by atoms with Crippen molar-refractivity contribution in [2.24, 2.45) is 5.92 Å². The summed E-state index contributed by atoms with van der Waals surface area (Å²) in [6.45, 7) is 2.86. The molecule has 1 aliphatic carbocycles. The SMILES string of the molecule is CCn1cc(C(=O)C2CCCC2)cn1. The van der Waals surface area contributed by atoms with Crippen LogP contribution in [0.15, 0.2) is 12.4 Å². The third kappa shape index (κ3) is 1.72. The first kappa shape index (κ1) is 9.44. The number of aromatic nitrogens is 2. The lowest BCUT2D eigenvalue weighted by Crippen LogP contribution is -2.10. The minimum Gasteiger partial charge on any atom is -0.294 e. The first-order chi connectivity index (χ1) is 6.81. The van der Waals surface area contributed by atoms with Crippen molar-refractivity contribution in [3.8, 4) is 0 Å². The van der Waals surface area contributed by atoms with Gasteiger partial charge in [0.05, 0.1) is 11.8 Å². The minimum absolute atomic E-state index is 0.268. The van der Waals surface area contributed by atoms with Crippen molar-refractivity contribution in [3.05, 3.63) is 18.0 Å². The molecule has 3 nitrogen and oxygen atoms in total. The number of hydrogen-bond donors (Lipinski definition) is 0. The first-order valence-corrected chi connectivity index (χ1v) is 5.38. The Hall–Kier alpha value is -1.12. The van der Waals surface area contributed by atoms with Gasteiger partial charge in [0, 0.05) is 18.7 Å². The fraction of sp³-hybridized carbons (Fsp3) is 0.636. The molecule has 1 aliphatic rings. The Balaban J connectivity index is 2.09. The Kier molecular flexibility index (Phi) is 2.66. The monoisotopic (exact) mass is 192 g/mol. The lowest BCUT2D eigenvalue weighted by molar-refractivity contribution is 0.0923. The summed E-state index contributed by atoms with van der Waals surface area (Å²) in [7, 11) is 0. The normalized spacial score (nSPS) is 17.5. The van der Waals surface area contributed by atoms with E-state index in [1.54, 1.807) is 6.20 Å². The third-order valence-corrected chi connectivity index (χ3v) is 2.97. The van der Waals surface area contributed by atoms with Crippen LogP contribution in [0.1, 0.15) is 43.0 Å². The van der Waals surface area contributed by atoms with Crippen LogP contribution in [0.2, 0.25) is 0 Å². The molecule has 0 unspecified atom stereocenters. The molecular weight excluding hydrogens is 176 g/mol. The zero-order valence-corrected chi connectivity index (χ0v) is 8.57. The highest BCUT2D eigenvalue weighted by Crippen LogP contribution is 2.27. The van der Waals surface area contributed by atoms with Crippen molar-refractivity contribution in [2.45, 2.75) is 39.2 Å². The van der Waals surface area contributed by atoms with E-state index in [0.717, 1.165) is 24.9 Å². The molecule has 2 rings (SSSR count). The van der Waals surface area contributed by atoms with Crippen LogP contribution in [0.3, 0.4) is 0 Å². The molecule has 0 bridgehead atoms. The van der Waals surface area contributed by atoms with Gasteiger partial charge < -0.3 is 0 Å². The topological polar surface area (TPSA) is 34.9 Å². The fourth-order valence-corrected chi connectivity index (χ4v) is 2.09. The quantitative estimate of drug-likeness (QED) is 0.688. The molecule has 0 radical (unpaired) electrons.